The van der Waals surface area contributed by atoms with E-state index in [2.05, 4.69) is 17.3 Å². The minimum atomic E-state index is 0.419. The fraction of sp³-hybridized carbons (Fsp3) is 0.786. The summed E-state index contributed by atoms with van der Waals surface area (Å²) in [5, 5.41) is 3.60. The monoisotopic (exact) mass is 265 g/mol. The summed E-state index contributed by atoms with van der Waals surface area (Å²) >= 11 is 1.85. The van der Waals surface area contributed by atoms with Gasteiger partial charge in [0.05, 0.1) is 10.7 Å². The predicted molar refractivity (Wildman–Crippen MR) is 76.0 cm³/mol. The van der Waals surface area contributed by atoms with Crippen LogP contribution in [0.1, 0.15) is 42.3 Å². The van der Waals surface area contributed by atoms with Crippen LogP contribution in [-0.4, -0.2) is 36.6 Å². The Labute approximate surface area is 113 Å². The Morgan fingerprint density at radius 2 is 2.17 bits per heavy atom. The van der Waals surface area contributed by atoms with Crippen LogP contribution in [0.15, 0.2) is 5.38 Å². The van der Waals surface area contributed by atoms with Gasteiger partial charge in [0.2, 0.25) is 0 Å². The number of aromatic nitrogens is 1. The second-order valence-corrected chi connectivity index (χ2v) is 7.07. The number of thiazole rings is 1. The molecule has 1 saturated carbocycles. The molecular formula is C14H23N3S. The van der Waals surface area contributed by atoms with E-state index < -0.39 is 0 Å². The quantitative estimate of drug-likeness (QED) is 0.908. The van der Waals surface area contributed by atoms with Crippen molar-refractivity contribution in [1.82, 2.24) is 9.88 Å². The van der Waals surface area contributed by atoms with Crippen LogP contribution < -0.4 is 5.73 Å². The molecule has 0 bridgehead atoms. The van der Waals surface area contributed by atoms with Crippen LogP contribution in [0.5, 0.6) is 0 Å². The van der Waals surface area contributed by atoms with Crippen molar-refractivity contribution in [3.63, 3.8) is 0 Å². The summed E-state index contributed by atoms with van der Waals surface area (Å²) in [6.45, 7) is 3.25. The van der Waals surface area contributed by atoms with Crippen molar-refractivity contribution >= 4 is 11.3 Å². The molecule has 0 radical (unpaired) electrons. The summed E-state index contributed by atoms with van der Waals surface area (Å²) in [5.41, 5.74) is 7.61. The van der Waals surface area contributed by atoms with Gasteiger partial charge in [0.15, 0.2) is 0 Å². The molecule has 1 aliphatic heterocycles. The van der Waals surface area contributed by atoms with Crippen molar-refractivity contribution in [2.24, 2.45) is 11.1 Å². The molecule has 2 aliphatic rings. The molecule has 0 unspecified atom stereocenters. The maximum atomic E-state index is 5.85. The van der Waals surface area contributed by atoms with Crippen LogP contribution in [0.3, 0.4) is 0 Å². The summed E-state index contributed by atoms with van der Waals surface area (Å²) in [5.74, 6) is 0.694. The molecule has 0 spiro atoms. The average molecular weight is 265 g/mol. The van der Waals surface area contributed by atoms with Crippen molar-refractivity contribution in [2.45, 2.75) is 38.0 Å². The average Bonchev–Trinajstić information content (AvgIpc) is 3.00. The van der Waals surface area contributed by atoms with Gasteiger partial charge in [-0.1, -0.05) is 0 Å². The van der Waals surface area contributed by atoms with Crippen LogP contribution in [0.2, 0.25) is 0 Å². The van der Waals surface area contributed by atoms with E-state index in [0.717, 1.165) is 13.0 Å². The van der Waals surface area contributed by atoms with Crippen molar-refractivity contribution in [3.05, 3.63) is 16.1 Å². The second kappa shape index (κ2) is 4.91. The van der Waals surface area contributed by atoms with E-state index in [0.29, 0.717) is 11.3 Å². The fourth-order valence-corrected chi connectivity index (χ4v) is 3.90. The number of hydrogen-bond acceptors (Lipinski definition) is 4. The number of nitrogens with zero attached hydrogens (tertiary/aromatic N) is 2. The van der Waals surface area contributed by atoms with Gasteiger partial charge >= 0.3 is 0 Å². The van der Waals surface area contributed by atoms with Gasteiger partial charge in [-0.3, -0.25) is 0 Å². The first-order valence-corrected chi connectivity index (χ1v) is 7.92. The Bertz CT molecular complexity index is 403. The van der Waals surface area contributed by atoms with E-state index in [1.165, 1.54) is 49.5 Å². The molecule has 1 aromatic heterocycles. The Morgan fingerprint density at radius 3 is 2.78 bits per heavy atom. The standard InChI is InChI=1S/C14H23N3S/c1-17-6-2-11(3-7-17)12-9-18-13(16-12)8-14(10-15)4-5-14/h9,11H,2-8,10,15H2,1H3. The van der Waals surface area contributed by atoms with Crippen LogP contribution in [0.25, 0.3) is 0 Å². The molecule has 100 valence electrons. The van der Waals surface area contributed by atoms with Crippen LogP contribution in [0.4, 0.5) is 0 Å². The Hall–Kier alpha value is -0.450. The number of nitrogens with two attached hydrogens (primary N) is 1. The Balaban J connectivity index is 1.62. The zero-order chi connectivity index (χ0) is 12.6. The van der Waals surface area contributed by atoms with E-state index in [1.807, 2.05) is 11.3 Å². The van der Waals surface area contributed by atoms with Gasteiger partial charge in [0.1, 0.15) is 0 Å². The molecule has 1 saturated heterocycles. The van der Waals surface area contributed by atoms with Gasteiger partial charge in [-0.05, 0) is 57.8 Å². The van der Waals surface area contributed by atoms with Gasteiger partial charge in [-0.2, -0.15) is 0 Å². The lowest BCUT2D eigenvalue weighted by Crippen LogP contribution is -2.29. The molecule has 2 heterocycles. The summed E-state index contributed by atoms with van der Waals surface area (Å²) in [4.78, 5) is 7.29. The van der Waals surface area contributed by atoms with Gasteiger partial charge in [0.25, 0.3) is 0 Å². The van der Waals surface area contributed by atoms with Crippen LogP contribution in [-0.2, 0) is 6.42 Å². The Morgan fingerprint density at radius 1 is 1.44 bits per heavy atom. The maximum Gasteiger partial charge on any atom is 0.0934 e. The maximum absolute atomic E-state index is 5.85. The summed E-state index contributed by atoms with van der Waals surface area (Å²) in [6.07, 6.45) is 6.24. The summed E-state index contributed by atoms with van der Waals surface area (Å²) < 4.78 is 0. The van der Waals surface area contributed by atoms with Crippen molar-refractivity contribution in [2.75, 3.05) is 26.7 Å². The first kappa shape index (κ1) is 12.6. The SMILES string of the molecule is CN1CCC(c2csc(CC3(CN)CC3)n2)CC1. The molecular weight excluding hydrogens is 242 g/mol. The molecule has 0 atom stereocenters. The third kappa shape index (κ3) is 2.60. The predicted octanol–water partition coefficient (Wildman–Crippen LogP) is 2.23. The number of rotatable bonds is 4. The highest BCUT2D eigenvalue weighted by Crippen LogP contribution is 2.47. The number of piperidine rings is 1. The van der Waals surface area contributed by atoms with E-state index in [4.69, 9.17) is 10.7 Å². The van der Waals surface area contributed by atoms with Crippen molar-refractivity contribution < 1.29 is 0 Å². The largest absolute Gasteiger partial charge is 0.330 e. The molecule has 1 aliphatic carbocycles. The first-order valence-electron chi connectivity index (χ1n) is 7.04. The fourth-order valence-electron chi connectivity index (χ4n) is 2.85. The molecule has 4 heteroatoms. The van der Waals surface area contributed by atoms with Gasteiger partial charge in [-0.15, -0.1) is 11.3 Å². The van der Waals surface area contributed by atoms with Gasteiger partial charge < -0.3 is 10.6 Å². The van der Waals surface area contributed by atoms with Gasteiger partial charge in [0, 0.05) is 17.7 Å². The van der Waals surface area contributed by atoms with E-state index >= 15 is 0 Å². The molecule has 18 heavy (non-hydrogen) atoms. The van der Waals surface area contributed by atoms with Crippen molar-refractivity contribution in [3.8, 4) is 0 Å². The van der Waals surface area contributed by atoms with Crippen molar-refractivity contribution in [1.29, 1.82) is 0 Å². The topological polar surface area (TPSA) is 42.1 Å². The summed E-state index contributed by atoms with van der Waals surface area (Å²) in [6, 6.07) is 0. The highest BCUT2D eigenvalue weighted by molar-refractivity contribution is 7.09. The molecule has 3 rings (SSSR count). The van der Waals surface area contributed by atoms with E-state index in [-0.39, 0.29) is 0 Å². The lowest BCUT2D eigenvalue weighted by molar-refractivity contribution is 0.253. The number of likely N-dealkylation sites (tertiary alicyclic amines) is 1. The minimum Gasteiger partial charge on any atom is -0.330 e. The molecule has 1 aromatic rings. The van der Waals surface area contributed by atoms with Crippen LogP contribution >= 0.6 is 11.3 Å². The van der Waals surface area contributed by atoms with E-state index in [9.17, 15) is 0 Å². The normalized spacial score (nSPS) is 24.3. The Kier molecular flexibility index (Phi) is 3.43. The van der Waals surface area contributed by atoms with Crippen LogP contribution in [0, 0.1) is 5.41 Å². The highest BCUT2D eigenvalue weighted by Gasteiger charge is 2.41. The van der Waals surface area contributed by atoms with Gasteiger partial charge in [-0.25, -0.2) is 4.98 Å². The summed E-state index contributed by atoms with van der Waals surface area (Å²) in [7, 11) is 2.21. The first-order chi connectivity index (χ1) is 8.71. The smallest absolute Gasteiger partial charge is 0.0934 e. The molecule has 3 nitrogen and oxygen atoms in total. The van der Waals surface area contributed by atoms with E-state index in [1.54, 1.807) is 0 Å². The molecule has 2 fully saturated rings. The minimum absolute atomic E-state index is 0.419. The highest BCUT2D eigenvalue weighted by atomic mass is 32.1. The number of hydrogen-bond donors (Lipinski definition) is 1. The molecule has 0 amide bonds. The third-order valence-electron chi connectivity index (χ3n) is 4.62. The molecule has 0 aromatic carbocycles. The zero-order valence-electron chi connectivity index (χ0n) is 11.2. The zero-order valence-corrected chi connectivity index (χ0v) is 12.0. The third-order valence-corrected chi connectivity index (χ3v) is 5.49. The second-order valence-electron chi connectivity index (χ2n) is 6.12. The molecule has 2 N–H and O–H groups in total. The lowest BCUT2D eigenvalue weighted by atomic mass is 9.94. The lowest BCUT2D eigenvalue weighted by Gasteiger charge is -2.27.